The minimum absolute atomic E-state index is 0.288. The van der Waals surface area contributed by atoms with E-state index in [1.54, 1.807) is 18.2 Å². The van der Waals surface area contributed by atoms with Gasteiger partial charge in [-0.1, -0.05) is 19.1 Å². The van der Waals surface area contributed by atoms with Crippen LogP contribution in [0.1, 0.15) is 19.2 Å². The first kappa shape index (κ1) is 24.1. The molecule has 188 valence electrons. The molecule has 0 unspecified atom stereocenters. The maximum absolute atomic E-state index is 13.1. The molecule has 2 fully saturated rings. The molecule has 0 atom stereocenters. The highest BCUT2D eigenvalue weighted by Crippen LogP contribution is 2.28. The number of para-hydroxylation sites is 2. The van der Waals surface area contributed by atoms with Gasteiger partial charge in [0.1, 0.15) is 11.6 Å². The number of aryl methyl sites for hydroxylation is 1. The number of morpholine rings is 1. The SMILES string of the molecule is CCCn1c(CN2CCN(c3ccccc3O)CC2)nc2cc(S(=O)(=O)N3CCOCC3)ccc21. The Kier molecular flexibility index (Phi) is 6.97. The van der Waals surface area contributed by atoms with Crippen LogP contribution in [-0.2, 0) is 27.8 Å². The molecular weight excluding hydrogens is 466 g/mol. The molecule has 2 aliphatic heterocycles. The number of aromatic nitrogens is 2. The summed E-state index contributed by atoms with van der Waals surface area (Å²) in [4.78, 5) is 9.77. The van der Waals surface area contributed by atoms with Crippen LogP contribution < -0.4 is 4.90 Å². The molecule has 0 radical (unpaired) electrons. The second-order valence-corrected chi connectivity index (χ2v) is 11.0. The smallest absolute Gasteiger partial charge is 0.243 e. The van der Waals surface area contributed by atoms with Crippen molar-refractivity contribution in [1.82, 2.24) is 18.8 Å². The van der Waals surface area contributed by atoms with E-state index in [0.717, 1.165) is 61.7 Å². The van der Waals surface area contributed by atoms with E-state index in [1.165, 1.54) is 4.31 Å². The molecule has 0 aliphatic carbocycles. The number of nitrogens with zero attached hydrogens (tertiary/aromatic N) is 5. The van der Waals surface area contributed by atoms with Crippen LogP contribution in [0.15, 0.2) is 47.4 Å². The van der Waals surface area contributed by atoms with Crippen molar-refractivity contribution in [1.29, 1.82) is 0 Å². The van der Waals surface area contributed by atoms with E-state index in [-0.39, 0.29) is 4.90 Å². The average Bonchev–Trinajstić information content (AvgIpc) is 3.22. The van der Waals surface area contributed by atoms with E-state index in [0.29, 0.717) is 38.6 Å². The Morgan fingerprint density at radius 3 is 2.46 bits per heavy atom. The normalized spacial score (nSPS) is 18.4. The molecule has 0 saturated carbocycles. The van der Waals surface area contributed by atoms with E-state index in [2.05, 4.69) is 21.3 Å². The summed E-state index contributed by atoms with van der Waals surface area (Å²) in [6.07, 6.45) is 0.966. The van der Waals surface area contributed by atoms with Gasteiger partial charge in [-0.3, -0.25) is 4.90 Å². The molecule has 5 rings (SSSR count). The Bertz CT molecular complexity index is 1280. The second kappa shape index (κ2) is 10.1. The van der Waals surface area contributed by atoms with Crippen LogP contribution in [0.25, 0.3) is 11.0 Å². The molecule has 2 aliphatic rings. The number of phenolic OH excluding ortho intramolecular Hbond substituents is 1. The van der Waals surface area contributed by atoms with Crippen LogP contribution >= 0.6 is 0 Å². The van der Waals surface area contributed by atoms with E-state index in [4.69, 9.17) is 9.72 Å². The highest BCUT2D eigenvalue weighted by molar-refractivity contribution is 7.89. The predicted octanol–water partition coefficient (Wildman–Crippen LogP) is 2.50. The van der Waals surface area contributed by atoms with Crippen molar-refractivity contribution in [2.75, 3.05) is 57.4 Å². The number of anilines is 1. The van der Waals surface area contributed by atoms with E-state index in [9.17, 15) is 13.5 Å². The van der Waals surface area contributed by atoms with Gasteiger partial charge < -0.3 is 19.3 Å². The van der Waals surface area contributed by atoms with E-state index in [1.807, 2.05) is 24.3 Å². The second-order valence-electron chi connectivity index (χ2n) is 9.10. The molecule has 0 spiro atoms. The summed E-state index contributed by atoms with van der Waals surface area (Å²) < 4.78 is 35.3. The lowest BCUT2D eigenvalue weighted by molar-refractivity contribution is 0.0730. The number of aromatic hydroxyl groups is 1. The Morgan fingerprint density at radius 2 is 1.74 bits per heavy atom. The number of ether oxygens (including phenoxy) is 1. The molecule has 2 saturated heterocycles. The van der Waals surface area contributed by atoms with Gasteiger partial charge in [0, 0.05) is 45.8 Å². The van der Waals surface area contributed by atoms with Crippen LogP contribution in [0.5, 0.6) is 5.75 Å². The maximum atomic E-state index is 13.1. The Hall–Kier alpha value is -2.66. The van der Waals surface area contributed by atoms with Crippen LogP contribution in [0, 0.1) is 0 Å². The lowest BCUT2D eigenvalue weighted by Gasteiger charge is -2.36. The largest absolute Gasteiger partial charge is 0.506 e. The number of imidazole rings is 1. The highest BCUT2D eigenvalue weighted by Gasteiger charge is 2.27. The highest BCUT2D eigenvalue weighted by atomic mass is 32.2. The first-order valence-electron chi connectivity index (χ1n) is 12.3. The fourth-order valence-corrected chi connectivity index (χ4v) is 6.36. The van der Waals surface area contributed by atoms with Gasteiger partial charge >= 0.3 is 0 Å². The maximum Gasteiger partial charge on any atom is 0.243 e. The third-order valence-electron chi connectivity index (χ3n) is 6.81. The summed E-state index contributed by atoms with van der Waals surface area (Å²) in [5.41, 5.74) is 2.56. The first-order valence-corrected chi connectivity index (χ1v) is 13.7. The number of fused-ring (bicyclic) bond motifs is 1. The van der Waals surface area contributed by atoms with Crippen LogP contribution in [0.4, 0.5) is 5.69 Å². The number of rotatable bonds is 7. The molecule has 0 bridgehead atoms. The van der Waals surface area contributed by atoms with Crippen molar-refractivity contribution >= 4 is 26.7 Å². The summed E-state index contributed by atoms with van der Waals surface area (Å²) >= 11 is 0. The molecule has 1 N–H and O–H groups in total. The Balaban J connectivity index is 1.35. The van der Waals surface area contributed by atoms with Crippen molar-refractivity contribution in [3.63, 3.8) is 0 Å². The number of phenols is 1. The van der Waals surface area contributed by atoms with Gasteiger partial charge in [-0.2, -0.15) is 4.31 Å². The Labute approximate surface area is 206 Å². The summed E-state index contributed by atoms with van der Waals surface area (Å²) in [7, 11) is -3.56. The standard InChI is InChI=1S/C25H33N5O4S/c1-2-9-30-22-8-7-20(35(32,33)29-14-16-34-17-15-29)18-21(22)26-25(30)19-27-10-12-28(13-11-27)23-5-3-4-6-24(23)31/h3-8,18,31H,2,9-17,19H2,1H3. The fourth-order valence-electron chi connectivity index (χ4n) is 4.93. The van der Waals surface area contributed by atoms with Crippen molar-refractivity contribution in [3.8, 4) is 5.75 Å². The molecule has 10 heteroatoms. The summed E-state index contributed by atoms with van der Waals surface area (Å²) in [5, 5.41) is 10.2. The molecule has 0 amide bonds. The summed E-state index contributed by atoms with van der Waals surface area (Å²) in [6, 6.07) is 12.8. The van der Waals surface area contributed by atoms with Gasteiger partial charge in [-0.25, -0.2) is 13.4 Å². The lowest BCUT2D eigenvalue weighted by Crippen LogP contribution is -2.46. The number of piperazine rings is 1. The number of sulfonamides is 1. The van der Waals surface area contributed by atoms with Gasteiger partial charge in [-0.15, -0.1) is 0 Å². The van der Waals surface area contributed by atoms with Gasteiger partial charge in [0.25, 0.3) is 0 Å². The Morgan fingerprint density at radius 1 is 1.00 bits per heavy atom. The zero-order valence-corrected chi connectivity index (χ0v) is 21.0. The van der Waals surface area contributed by atoms with Gasteiger partial charge in [0.2, 0.25) is 10.0 Å². The van der Waals surface area contributed by atoms with E-state index < -0.39 is 10.0 Å². The third-order valence-corrected chi connectivity index (χ3v) is 8.71. The third kappa shape index (κ3) is 4.88. The quantitative estimate of drug-likeness (QED) is 0.534. The summed E-state index contributed by atoms with van der Waals surface area (Å²) in [5.74, 6) is 1.27. The van der Waals surface area contributed by atoms with Crippen molar-refractivity contribution in [3.05, 3.63) is 48.3 Å². The minimum atomic E-state index is -3.56. The molecule has 35 heavy (non-hydrogen) atoms. The number of hydrogen-bond donors (Lipinski definition) is 1. The number of benzene rings is 2. The number of hydrogen-bond acceptors (Lipinski definition) is 7. The van der Waals surface area contributed by atoms with Crippen LogP contribution in [0.3, 0.4) is 0 Å². The van der Waals surface area contributed by atoms with Gasteiger partial charge in [0.05, 0.1) is 41.4 Å². The topological polar surface area (TPSA) is 91.1 Å². The predicted molar refractivity (Wildman–Crippen MR) is 135 cm³/mol. The molecule has 1 aromatic heterocycles. The van der Waals surface area contributed by atoms with E-state index >= 15 is 0 Å². The van der Waals surface area contributed by atoms with Crippen molar-refractivity contribution < 1.29 is 18.3 Å². The summed E-state index contributed by atoms with van der Waals surface area (Å²) in [6.45, 7) is 8.65. The molecule has 9 nitrogen and oxygen atoms in total. The van der Waals surface area contributed by atoms with Gasteiger partial charge in [0.15, 0.2) is 0 Å². The fraction of sp³-hybridized carbons (Fsp3) is 0.480. The molecular formula is C25H33N5O4S. The first-order chi connectivity index (χ1) is 17.0. The van der Waals surface area contributed by atoms with Crippen molar-refractivity contribution in [2.45, 2.75) is 31.3 Å². The molecule has 3 aromatic rings. The van der Waals surface area contributed by atoms with Crippen LogP contribution in [-0.4, -0.2) is 84.8 Å². The zero-order valence-electron chi connectivity index (χ0n) is 20.1. The minimum Gasteiger partial charge on any atom is -0.506 e. The monoisotopic (exact) mass is 499 g/mol. The van der Waals surface area contributed by atoms with Crippen LogP contribution in [0.2, 0.25) is 0 Å². The molecule has 2 aromatic carbocycles. The average molecular weight is 500 g/mol. The molecule has 3 heterocycles. The zero-order chi connectivity index (χ0) is 24.4. The van der Waals surface area contributed by atoms with Gasteiger partial charge in [-0.05, 0) is 36.8 Å². The van der Waals surface area contributed by atoms with Crippen molar-refractivity contribution in [2.24, 2.45) is 0 Å². The lowest BCUT2D eigenvalue weighted by atomic mass is 10.2.